The normalized spacial score (nSPS) is 52.4. The van der Waals surface area contributed by atoms with Gasteiger partial charge in [-0.1, -0.05) is 48.0 Å². The number of hydrogen-bond donors (Lipinski definition) is 0. The van der Waals surface area contributed by atoms with Crippen LogP contribution in [0.25, 0.3) is 0 Å². The summed E-state index contributed by atoms with van der Waals surface area (Å²) in [5.74, 6) is 8.05. The van der Waals surface area contributed by atoms with Crippen molar-refractivity contribution < 1.29 is 0 Å². The Hall–Kier alpha value is 0. The Labute approximate surface area is 95.8 Å². The molecule has 0 aromatic rings. The fraction of sp³-hybridized carbons (Fsp3) is 1.00. The molecule has 7 atom stereocenters. The van der Waals surface area contributed by atoms with Crippen LogP contribution in [0, 0.1) is 47.3 Å². The first-order chi connectivity index (χ1) is 7.00. The highest BCUT2D eigenvalue weighted by Crippen LogP contribution is 2.59. The van der Waals surface area contributed by atoms with Gasteiger partial charge in [0.05, 0.1) is 0 Å². The van der Waals surface area contributed by atoms with E-state index < -0.39 is 0 Å². The fourth-order valence-electron chi connectivity index (χ4n) is 4.45. The standard InChI is InChI=1S/C15H28/c1-7-13-12(6)15(13)11(5)10(4)14-8(2)9(14)3/h8-15H,7H2,1-6H3. The van der Waals surface area contributed by atoms with E-state index in [4.69, 9.17) is 0 Å². The van der Waals surface area contributed by atoms with Crippen molar-refractivity contribution in [3.63, 3.8) is 0 Å². The largest absolute Gasteiger partial charge is 0.0651 e. The molecular weight excluding hydrogens is 180 g/mol. The average molecular weight is 208 g/mol. The third kappa shape index (κ3) is 1.74. The monoisotopic (exact) mass is 208 g/mol. The molecule has 0 bridgehead atoms. The molecule has 0 heteroatoms. The van der Waals surface area contributed by atoms with Crippen LogP contribution < -0.4 is 0 Å². The molecule has 0 heterocycles. The van der Waals surface area contributed by atoms with Crippen molar-refractivity contribution in [2.45, 2.75) is 48.0 Å². The van der Waals surface area contributed by atoms with Gasteiger partial charge in [0.25, 0.3) is 0 Å². The molecule has 0 aliphatic heterocycles. The summed E-state index contributed by atoms with van der Waals surface area (Å²) in [6.07, 6.45) is 1.40. The van der Waals surface area contributed by atoms with Crippen LogP contribution in [-0.2, 0) is 0 Å². The highest BCUT2D eigenvalue weighted by molar-refractivity contribution is 5.02. The van der Waals surface area contributed by atoms with Crippen LogP contribution in [0.5, 0.6) is 0 Å². The smallest absolute Gasteiger partial charge is 0.0326 e. The number of rotatable bonds is 4. The molecule has 0 aromatic carbocycles. The van der Waals surface area contributed by atoms with Crippen LogP contribution in [0.4, 0.5) is 0 Å². The second kappa shape index (κ2) is 3.79. The molecule has 0 aromatic heterocycles. The molecule has 0 amide bonds. The Morgan fingerprint density at radius 2 is 1.27 bits per heavy atom. The Kier molecular flexibility index (Phi) is 2.90. The zero-order valence-electron chi connectivity index (χ0n) is 11.3. The van der Waals surface area contributed by atoms with Crippen molar-refractivity contribution in [2.75, 3.05) is 0 Å². The summed E-state index contributed by atoms with van der Waals surface area (Å²) in [5.41, 5.74) is 0. The van der Waals surface area contributed by atoms with Gasteiger partial charge in [0.1, 0.15) is 0 Å². The molecule has 0 saturated heterocycles. The van der Waals surface area contributed by atoms with Crippen molar-refractivity contribution in [3.8, 4) is 0 Å². The summed E-state index contributed by atoms with van der Waals surface area (Å²) in [6.45, 7) is 14.7. The maximum atomic E-state index is 2.51. The maximum Gasteiger partial charge on any atom is -0.0326 e. The Morgan fingerprint density at radius 3 is 1.60 bits per heavy atom. The van der Waals surface area contributed by atoms with E-state index in [0.29, 0.717) is 0 Å². The molecule has 2 rings (SSSR count). The first-order valence-electron chi connectivity index (χ1n) is 7.00. The highest BCUT2D eigenvalue weighted by atomic mass is 14.6. The van der Waals surface area contributed by atoms with Crippen LogP contribution in [0.1, 0.15) is 48.0 Å². The van der Waals surface area contributed by atoms with Crippen LogP contribution in [0.15, 0.2) is 0 Å². The third-order valence-corrected chi connectivity index (χ3v) is 6.05. The van der Waals surface area contributed by atoms with Gasteiger partial charge in [0, 0.05) is 0 Å². The number of hydrogen-bond acceptors (Lipinski definition) is 0. The van der Waals surface area contributed by atoms with E-state index in [1.165, 1.54) is 6.42 Å². The lowest BCUT2D eigenvalue weighted by molar-refractivity contribution is 0.276. The molecule has 2 fully saturated rings. The van der Waals surface area contributed by atoms with Crippen molar-refractivity contribution in [1.29, 1.82) is 0 Å². The second-order valence-corrected chi connectivity index (χ2v) is 6.52. The lowest BCUT2D eigenvalue weighted by Gasteiger charge is -2.21. The summed E-state index contributed by atoms with van der Waals surface area (Å²) in [7, 11) is 0. The van der Waals surface area contributed by atoms with Gasteiger partial charge in [-0.25, -0.2) is 0 Å². The molecule has 0 spiro atoms. The predicted octanol–water partition coefficient (Wildman–Crippen LogP) is 4.45. The van der Waals surface area contributed by atoms with Gasteiger partial charge in [0.15, 0.2) is 0 Å². The topological polar surface area (TPSA) is 0 Å². The van der Waals surface area contributed by atoms with Gasteiger partial charge in [-0.05, 0) is 47.3 Å². The minimum Gasteiger partial charge on any atom is -0.0651 e. The van der Waals surface area contributed by atoms with Crippen LogP contribution in [0.3, 0.4) is 0 Å². The van der Waals surface area contributed by atoms with Gasteiger partial charge in [-0.3, -0.25) is 0 Å². The van der Waals surface area contributed by atoms with E-state index in [9.17, 15) is 0 Å². The molecule has 2 aliphatic rings. The Balaban J connectivity index is 1.89. The Bertz CT molecular complexity index is 224. The van der Waals surface area contributed by atoms with Crippen LogP contribution >= 0.6 is 0 Å². The van der Waals surface area contributed by atoms with Gasteiger partial charge >= 0.3 is 0 Å². The second-order valence-electron chi connectivity index (χ2n) is 6.52. The molecule has 2 aliphatic carbocycles. The third-order valence-electron chi connectivity index (χ3n) is 6.05. The lowest BCUT2D eigenvalue weighted by Crippen LogP contribution is -2.15. The molecule has 15 heavy (non-hydrogen) atoms. The van der Waals surface area contributed by atoms with Gasteiger partial charge < -0.3 is 0 Å². The average Bonchev–Trinajstić information content (AvgIpc) is 3.03. The van der Waals surface area contributed by atoms with E-state index in [2.05, 4.69) is 41.5 Å². The maximum absolute atomic E-state index is 2.51. The van der Waals surface area contributed by atoms with E-state index >= 15 is 0 Å². The van der Waals surface area contributed by atoms with Crippen molar-refractivity contribution in [2.24, 2.45) is 47.3 Å². The summed E-state index contributed by atoms with van der Waals surface area (Å²) < 4.78 is 0. The quantitative estimate of drug-likeness (QED) is 0.640. The first kappa shape index (κ1) is 11.5. The van der Waals surface area contributed by atoms with Crippen LogP contribution in [0.2, 0.25) is 0 Å². The van der Waals surface area contributed by atoms with E-state index in [1.807, 2.05) is 0 Å². The molecule has 7 unspecified atom stereocenters. The molecule has 0 N–H and O–H groups in total. The van der Waals surface area contributed by atoms with Crippen molar-refractivity contribution >= 4 is 0 Å². The zero-order chi connectivity index (χ0) is 11.3. The van der Waals surface area contributed by atoms with Crippen molar-refractivity contribution in [1.82, 2.24) is 0 Å². The predicted molar refractivity (Wildman–Crippen MR) is 66.6 cm³/mol. The van der Waals surface area contributed by atoms with Gasteiger partial charge in [0.2, 0.25) is 0 Å². The summed E-state index contributed by atoms with van der Waals surface area (Å²) in [6, 6.07) is 0. The molecule has 88 valence electrons. The van der Waals surface area contributed by atoms with E-state index in [-0.39, 0.29) is 0 Å². The SMILES string of the molecule is CCC1C(C)C1C(C)C(C)C1C(C)C1C. The minimum atomic E-state index is 0.957. The minimum absolute atomic E-state index is 0.957. The lowest BCUT2D eigenvalue weighted by atomic mass is 9.85. The Morgan fingerprint density at radius 1 is 0.800 bits per heavy atom. The molecule has 2 saturated carbocycles. The van der Waals surface area contributed by atoms with Gasteiger partial charge in [-0.15, -0.1) is 0 Å². The summed E-state index contributed by atoms with van der Waals surface area (Å²) in [5, 5.41) is 0. The molecule has 0 nitrogen and oxygen atoms in total. The fourth-order valence-corrected chi connectivity index (χ4v) is 4.45. The van der Waals surface area contributed by atoms with Crippen LogP contribution in [-0.4, -0.2) is 0 Å². The zero-order valence-corrected chi connectivity index (χ0v) is 11.3. The van der Waals surface area contributed by atoms with Gasteiger partial charge in [-0.2, -0.15) is 0 Å². The van der Waals surface area contributed by atoms with Crippen molar-refractivity contribution in [3.05, 3.63) is 0 Å². The van der Waals surface area contributed by atoms with E-state index in [0.717, 1.165) is 47.3 Å². The molecule has 0 radical (unpaired) electrons. The highest BCUT2D eigenvalue weighted by Gasteiger charge is 2.54. The summed E-state index contributed by atoms with van der Waals surface area (Å²) >= 11 is 0. The summed E-state index contributed by atoms with van der Waals surface area (Å²) in [4.78, 5) is 0. The first-order valence-corrected chi connectivity index (χ1v) is 7.00. The molecular formula is C15H28. The van der Waals surface area contributed by atoms with E-state index in [1.54, 1.807) is 0 Å².